The molecule has 16 heteroatoms. The monoisotopic (exact) mass is 667 g/mol. The van der Waals surface area contributed by atoms with Crippen LogP contribution in [0.3, 0.4) is 0 Å². The number of likely N-dealkylation sites (tertiary alicyclic amines) is 1. The highest BCUT2D eigenvalue weighted by molar-refractivity contribution is 7.96. The Balaban J connectivity index is 2.21. The first-order valence-corrected chi connectivity index (χ1v) is 16.3. The fourth-order valence-electron chi connectivity index (χ4n) is 4.46. The zero-order valence-corrected chi connectivity index (χ0v) is 27.0. The lowest BCUT2D eigenvalue weighted by atomic mass is 9.85. The first kappa shape index (κ1) is 37.0. The Bertz CT molecular complexity index is 1440. The number of carbonyl (C=O) groups is 5. The van der Waals surface area contributed by atoms with E-state index in [9.17, 15) is 37.5 Å². The second kappa shape index (κ2) is 16.2. The number of nitriles is 1. The third kappa shape index (κ3) is 11.7. The fraction of sp³-hybridized carbons (Fsp3) is 0.517. The Morgan fingerprint density at radius 1 is 1.16 bits per heavy atom. The molecule has 0 spiro atoms. The second-order valence-corrected chi connectivity index (χ2v) is 14.2. The van der Waals surface area contributed by atoms with E-state index in [4.69, 9.17) is 21.6 Å². The number of amides is 4. The van der Waals surface area contributed by atoms with Gasteiger partial charge < -0.3 is 30.7 Å². The van der Waals surface area contributed by atoms with Crippen LogP contribution in [0.25, 0.3) is 0 Å². The third-order valence-corrected chi connectivity index (χ3v) is 8.57. The smallest absolute Gasteiger partial charge is 0.408 e. The fourth-order valence-corrected chi connectivity index (χ4v) is 5.03. The summed E-state index contributed by atoms with van der Waals surface area (Å²) < 4.78 is 28.0. The summed E-state index contributed by atoms with van der Waals surface area (Å²) in [6.45, 7) is 5.02. The van der Waals surface area contributed by atoms with Gasteiger partial charge in [-0.1, -0.05) is 62.7 Å². The molecule has 14 nitrogen and oxygen atoms in total. The van der Waals surface area contributed by atoms with Crippen molar-refractivity contribution < 1.29 is 42.2 Å². The highest BCUT2D eigenvalue weighted by Crippen LogP contribution is 2.26. The molecule has 0 saturated carbocycles. The predicted molar refractivity (Wildman–Crippen MR) is 163 cm³/mol. The van der Waals surface area contributed by atoms with Crippen molar-refractivity contribution in [2.45, 2.75) is 77.2 Å². The van der Waals surface area contributed by atoms with Gasteiger partial charge in [-0.25, -0.2) is 13.2 Å². The van der Waals surface area contributed by atoms with Gasteiger partial charge in [0, 0.05) is 12.8 Å². The maximum Gasteiger partial charge on any atom is 0.408 e. The third-order valence-electron chi connectivity index (χ3n) is 6.76. The molecule has 1 heterocycles. The topological polar surface area (TPSA) is 212 Å². The van der Waals surface area contributed by atoms with E-state index in [-0.39, 0.29) is 26.0 Å². The average Bonchev–Trinajstić information content (AvgIpc) is 3.44. The molecule has 1 fully saturated rings. The summed E-state index contributed by atoms with van der Waals surface area (Å²) >= 11 is 5.82. The number of nitrogens with one attached hydrogen (secondary N) is 3. The summed E-state index contributed by atoms with van der Waals surface area (Å²) in [5, 5.41) is 25.9. The number of hydrogen-bond acceptors (Lipinski definition) is 9. The molecule has 4 N–H and O–H groups in total. The van der Waals surface area contributed by atoms with Crippen LogP contribution in [0.4, 0.5) is 4.79 Å². The number of ether oxygens (including phenoxy) is 1. The molecule has 246 valence electrons. The Hall–Kier alpha value is -4.16. The van der Waals surface area contributed by atoms with E-state index in [2.05, 4.69) is 16.0 Å². The number of carboxylic acid groups (broad SMARTS) is 1. The van der Waals surface area contributed by atoms with E-state index in [0.717, 1.165) is 12.3 Å². The van der Waals surface area contributed by atoms with E-state index in [1.165, 1.54) is 4.90 Å². The maximum absolute atomic E-state index is 13.8. The molecule has 0 bridgehead atoms. The van der Waals surface area contributed by atoms with Crippen molar-refractivity contribution >= 4 is 51.2 Å². The Kier molecular flexibility index (Phi) is 13.4. The molecule has 0 aromatic heterocycles. The lowest BCUT2D eigenvalue weighted by Crippen LogP contribution is -2.60. The van der Waals surface area contributed by atoms with Crippen LogP contribution in [-0.4, -0.2) is 85.2 Å². The minimum atomic E-state index is -3.78. The highest BCUT2D eigenvalue weighted by Gasteiger charge is 2.43. The van der Waals surface area contributed by atoms with Crippen molar-refractivity contribution in [3.05, 3.63) is 46.3 Å². The van der Waals surface area contributed by atoms with Crippen molar-refractivity contribution in [3.63, 3.8) is 0 Å². The molecular formula is C29H38ClN5O9S. The summed E-state index contributed by atoms with van der Waals surface area (Å²) in [7, 11) is -3.78. The van der Waals surface area contributed by atoms with Crippen LogP contribution in [0.2, 0.25) is 0 Å². The van der Waals surface area contributed by atoms with Crippen LogP contribution in [-0.2, 0) is 40.4 Å². The Morgan fingerprint density at radius 3 is 2.36 bits per heavy atom. The molecule has 0 unspecified atom stereocenters. The van der Waals surface area contributed by atoms with Gasteiger partial charge in [0.15, 0.2) is 9.84 Å². The number of sulfone groups is 1. The number of rotatable bonds is 13. The van der Waals surface area contributed by atoms with Crippen molar-refractivity contribution in [3.8, 4) is 6.07 Å². The average molecular weight is 668 g/mol. The summed E-state index contributed by atoms with van der Waals surface area (Å²) in [5.41, 5.74) is -0.254. The van der Waals surface area contributed by atoms with Crippen molar-refractivity contribution in [2.24, 2.45) is 5.41 Å². The Labute approximate surface area is 267 Å². The summed E-state index contributed by atoms with van der Waals surface area (Å²) in [4.78, 5) is 65.6. The van der Waals surface area contributed by atoms with E-state index >= 15 is 0 Å². The molecule has 0 aliphatic carbocycles. The molecular weight excluding hydrogens is 630 g/mol. The zero-order valence-electron chi connectivity index (χ0n) is 25.4. The Morgan fingerprint density at radius 2 is 1.80 bits per heavy atom. The van der Waals surface area contributed by atoms with Crippen molar-refractivity contribution in [1.29, 1.82) is 5.26 Å². The summed E-state index contributed by atoms with van der Waals surface area (Å²) in [5.74, 6) is -3.61. The molecule has 1 aliphatic heterocycles. The SMILES string of the molecule is CC(C)(C)[C@@H](NC(=O)[C@H](CC(=O)O)NC(=O)OCc1ccccc1)C(=O)N1CCC[C@@H]1C(=O)N[C@H](C=C(Cl)S(C)(=O)=O)CC#N. The number of benzene rings is 1. The number of carboxylic acids is 1. The van der Waals surface area contributed by atoms with Crippen molar-refractivity contribution in [2.75, 3.05) is 12.8 Å². The van der Waals surface area contributed by atoms with Crippen LogP contribution in [0.5, 0.6) is 0 Å². The summed E-state index contributed by atoms with van der Waals surface area (Å²) in [6, 6.07) is 5.65. The first-order valence-electron chi connectivity index (χ1n) is 14.0. The minimum absolute atomic E-state index is 0.124. The largest absolute Gasteiger partial charge is 0.481 e. The van der Waals surface area contributed by atoms with Gasteiger partial charge in [0.05, 0.1) is 25.0 Å². The lowest BCUT2D eigenvalue weighted by Gasteiger charge is -2.36. The number of hydrogen-bond donors (Lipinski definition) is 4. The van der Waals surface area contributed by atoms with Crippen LogP contribution in [0, 0.1) is 16.7 Å². The van der Waals surface area contributed by atoms with Crippen LogP contribution >= 0.6 is 11.6 Å². The zero-order chi connectivity index (χ0) is 33.9. The molecule has 0 radical (unpaired) electrons. The number of aliphatic carboxylic acids is 1. The van der Waals surface area contributed by atoms with E-state index in [1.807, 2.05) is 6.07 Å². The van der Waals surface area contributed by atoms with Gasteiger partial charge in [0.1, 0.15) is 29.1 Å². The summed E-state index contributed by atoms with van der Waals surface area (Å²) in [6.07, 6.45) is 0.486. The number of nitrogens with zero attached hydrogens (tertiary/aromatic N) is 2. The van der Waals surface area contributed by atoms with Crippen LogP contribution in [0.1, 0.15) is 52.0 Å². The molecule has 1 aliphatic rings. The quantitative estimate of drug-likeness (QED) is 0.239. The van der Waals surface area contributed by atoms with E-state index in [0.29, 0.717) is 12.0 Å². The first-order chi connectivity index (χ1) is 20.9. The number of alkyl carbamates (subject to hydrolysis) is 1. The second-order valence-electron chi connectivity index (χ2n) is 11.6. The molecule has 1 aromatic carbocycles. The number of halogens is 1. The van der Waals surface area contributed by atoms with Gasteiger partial charge in [-0.05, 0) is 29.9 Å². The van der Waals surface area contributed by atoms with E-state index in [1.54, 1.807) is 51.1 Å². The molecule has 1 aromatic rings. The van der Waals surface area contributed by atoms with Gasteiger partial charge in [-0.15, -0.1) is 0 Å². The molecule has 1 saturated heterocycles. The van der Waals surface area contributed by atoms with Gasteiger partial charge in [-0.3, -0.25) is 19.2 Å². The predicted octanol–water partition coefficient (Wildman–Crippen LogP) is 1.80. The minimum Gasteiger partial charge on any atom is -0.481 e. The number of carbonyl (C=O) groups excluding carboxylic acids is 4. The van der Waals surface area contributed by atoms with Gasteiger partial charge in [0.25, 0.3) is 0 Å². The van der Waals surface area contributed by atoms with Gasteiger partial charge in [-0.2, -0.15) is 5.26 Å². The normalized spacial score (nSPS) is 17.3. The van der Waals surface area contributed by atoms with Crippen LogP contribution in [0.15, 0.2) is 40.8 Å². The molecule has 4 atom stereocenters. The molecule has 45 heavy (non-hydrogen) atoms. The highest BCUT2D eigenvalue weighted by atomic mass is 35.5. The van der Waals surface area contributed by atoms with Crippen LogP contribution < -0.4 is 16.0 Å². The maximum atomic E-state index is 13.8. The van der Waals surface area contributed by atoms with Gasteiger partial charge in [0.2, 0.25) is 17.7 Å². The van der Waals surface area contributed by atoms with Crippen molar-refractivity contribution in [1.82, 2.24) is 20.9 Å². The molecule has 4 amide bonds. The standard InChI is InChI=1S/C29H38ClN5O9S/c1-29(2,3)24(34-25(38)20(16-23(36)37)33-28(41)44-17-18-9-6-5-7-10-18)27(40)35-14-8-11-21(35)26(39)32-19(12-13-31)15-22(30)45(4,42)43/h5-7,9-10,15,19-21,24H,8,11-12,14,16-17H2,1-4H3,(H,32,39)(H,33,41)(H,34,38)(H,36,37)/t19-,20-,21+,24-/m0/s1. The van der Waals surface area contributed by atoms with Gasteiger partial charge >= 0.3 is 12.1 Å². The molecule has 2 rings (SSSR count). The van der Waals surface area contributed by atoms with E-state index < -0.39 is 80.0 Å². The lowest BCUT2D eigenvalue weighted by molar-refractivity contribution is -0.145.